The van der Waals surface area contributed by atoms with Gasteiger partial charge >= 0.3 is 12.3 Å². The van der Waals surface area contributed by atoms with Gasteiger partial charge in [0.15, 0.2) is 0 Å². The molecule has 23 heavy (non-hydrogen) atoms. The summed E-state index contributed by atoms with van der Waals surface area (Å²) in [6.07, 6.45) is -1.83. The number of halogens is 3. The van der Waals surface area contributed by atoms with Crippen molar-refractivity contribution in [3.8, 4) is 0 Å². The molecule has 1 fully saturated rings. The molecule has 3 rings (SSSR count). The van der Waals surface area contributed by atoms with E-state index in [9.17, 15) is 18.0 Å². The van der Waals surface area contributed by atoms with E-state index in [0.29, 0.717) is 12.0 Å². The lowest BCUT2D eigenvalue weighted by atomic mass is 9.97. The Balaban J connectivity index is 1.77. The quantitative estimate of drug-likeness (QED) is 0.941. The van der Waals surface area contributed by atoms with Crippen LogP contribution < -0.4 is 5.32 Å². The van der Waals surface area contributed by atoms with Crippen molar-refractivity contribution in [2.24, 2.45) is 0 Å². The van der Waals surface area contributed by atoms with Crippen LogP contribution in [0, 0.1) is 0 Å². The number of cyclic esters (lactones) is 1. The number of alkyl carbamates (subject to hydrolysis) is 1. The van der Waals surface area contributed by atoms with Gasteiger partial charge in [-0.05, 0) is 41.8 Å². The van der Waals surface area contributed by atoms with Gasteiger partial charge in [0.05, 0.1) is 11.6 Å². The van der Waals surface area contributed by atoms with Crippen molar-refractivity contribution >= 4 is 6.09 Å². The number of aromatic nitrogens is 1. The number of pyridine rings is 1. The van der Waals surface area contributed by atoms with Crippen molar-refractivity contribution in [2.45, 2.75) is 24.7 Å². The fourth-order valence-corrected chi connectivity index (χ4v) is 2.55. The van der Waals surface area contributed by atoms with Gasteiger partial charge in [-0.15, -0.1) is 0 Å². The molecule has 1 amide bonds. The minimum Gasteiger partial charge on any atom is -0.439 e. The molecule has 1 saturated heterocycles. The maximum absolute atomic E-state index is 12.6. The first-order valence-corrected chi connectivity index (χ1v) is 6.97. The summed E-state index contributed by atoms with van der Waals surface area (Å²) in [5.74, 6) is 0. The first kappa shape index (κ1) is 15.3. The standard InChI is InChI=1S/C16H13F3N2O2/c17-16(18,19)12-3-1-10(2-4-12)9-13-14(23-15(22)21-13)11-5-7-20-8-6-11/h1-8,13-14H,9H2,(H,21,22). The van der Waals surface area contributed by atoms with Gasteiger partial charge in [0.2, 0.25) is 0 Å². The van der Waals surface area contributed by atoms with Crippen LogP contribution in [-0.4, -0.2) is 17.1 Å². The van der Waals surface area contributed by atoms with Crippen LogP contribution in [-0.2, 0) is 17.3 Å². The Morgan fingerprint density at radius 3 is 2.35 bits per heavy atom. The molecule has 1 aromatic carbocycles. The number of hydrogen-bond donors (Lipinski definition) is 1. The highest BCUT2D eigenvalue weighted by molar-refractivity contribution is 5.70. The maximum Gasteiger partial charge on any atom is 0.416 e. The summed E-state index contributed by atoms with van der Waals surface area (Å²) in [6.45, 7) is 0. The first-order valence-electron chi connectivity index (χ1n) is 6.97. The lowest BCUT2D eigenvalue weighted by Gasteiger charge is -2.17. The van der Waals surface area contributed by atoms with Crippen LogP contribution in [0.15, 0.2) is 48.8 Å². The molecular formula is C16H13F3N2O2. The normalized spacial score (nSPS) is 20.9. The number of hydrogen-bond acceptors (Lipinski definition) is 3. The first-order chi connectivity index (χ1) is 10.9. The molecule has 120 valence electrons. The third-order valence-electron chi connectivity index (χ3n) is 3.67. The van der Waals surface area contributed by atoms with E-state index in [1.54, 1.807) is 24.5 Å². The van der Waals surface area contributed by atoms with E-state index in [1.165, 1.54) is 12.1 Å². The van der Waals surface area contributed by atoms with Gasteiger partial charge in [-0.1, -0.05) is 12.1 Å². The van der Waals surface area contributed by atoms with Gasteiger partial charge < -0.3 is 10.1 Å². The molecule has 7 heteroatoms. The Kier molecular flexibility index (Phi) is 3.94. The Morgan fingerprint density at radius 2 is 1.74 bits per heavy atom. The molecule has 0 bridgehead atoms. The van der Waals surface area contributed by atoms with E-state index in [1.807, 2.05) is 0 Å². The number of nitrogens with zero attached hydrogens (tertiary/aromatic N) is 1. The Bertz CT molecular complexity index is 687. The van der Waals surface area contributed by atoms with Crippen LogP contribution >= 0.6 is 0 Å². The second kappa shape index (κ2) is 5.91. The molecule has 0 saturated carbocycles. The zero-order valence-electron chi connectivity index (χ0n) is 11.9. The van der Waals surface area contributed by atoms with E-state index in [4.69, 9.17) is 4.74 Å². The largest absolute Gasteiger partial charge is 0.439 e. The summed E-state index contributed by atoms with van der Waals surface area (Å²) in [7, 11) is 0. The topological polar surface area (TPSA) is 51.2 Å². The van der Waals surface area contributed by atoms with Gasteiger partial charge in [-0.25, -0.2) is 4.79 Å². The highest BCUT2D eigenvalue weighted by atomic mass is 19.4. The summed E-state index contributed by atoms with van der Waals surface area (Å²) in [5.41, 5.74) is 0.779. The molecule has 2 unspecified atom stereocenters. The van der Waals surface area contributed by atoms with Crippen molar-refractivity contribution in [1.29, 1.82) is 0 Å². The predicted octanol–water partition coefficient (Wildman–Crippen LogP) is 3.49. The van der Waals surface area contributed by atoms with Crippen LogP contribution in [0.3, 0.4) is 0 Å². The molecule has 1 aromatic heterocycles. The van der Waals surface area contributed by atoms with E-state index in [-0.39, 0.29) is 6.04 Å². The highest BCUT2D eigenvalue weighted by Crippen LogP contribution is 2.31. The number of rotatable bonds is 3. The average molecular weight is 322 g/mol. The van der Waals surface area contributed by atoms with Crippen molar-refractivity contribution in [3.63, 3.8) is 0 Å². The van der Waals surface area contributed by atoms with Crippen molar-refractivity contribution in [3.05, 3.63) is 65.5 Å². The molecular weight excluding hydrogens is 309 g/mol. The van der Waals surface area contributed by atoms with Crippen LogP contribution in [0.1, 0.15) is 22.8 Å². The summed E-state index contributed by atoms with van der Waals surface area (Å²) >= 11 is 0. The monoisotopic (exact) mass is 322 g/mol. The molecule has 1 N–H and O–H groups in total. The smallest absolute Gasteiger partial charge is 0.416 e. The summed E-state index contributed by atoms with van der Waals surface area (Å²) in [5, 5.41) is 2.69. The zero-order chi connectivity index (χ0) is 16.4. The van der Waals surface area contributed by atoms with Crippen LogP contribution in [0.5, 0.6) is 0 Å². The minimum atomic E-state index is -4.36. The van der Waals surface area contributed by atoms with Gasteiger partial charge in [-0.3, -0.25) is 4.98 Å². The van der Waals surface area contributed by atoms with Crippen molar-refractivity contribution < 1.29 is 22.7 Å². The summed E-state index contributed by atoms with van der Waals surface area (Å²) < 4.78 is 43.0. The lowest BCUT2D eigenvalue weighted by molar-refractivity contribution is -0.137. The summed E-state index contributed by atoms with van der Waals surface area (Å²) in [4.78, 5) is 15.4. The van der Waals surface area contributed by atoms with E-state index >= 15 is 0 Å². The molecule has 0 radical (unpaired) electrons. The van der Waals surface area contributed by atoms with Gasteiger partial charge in [0, 0.05) is 12.4 Å². The highest BCUT2D eigenvalue weighted by Gasteiger charge is 2.35. The minimum absolute atomic E-state index is 0.346. The second-order valence-corrected chi connectivity index (χ2v) is 5.26. The number of benzene rings is 1. The SMILES string of the molecule is O=C1NC(Cc2ccc(C(F)(F)F)cc2)C(c2ccncc2)O1. The van der Waals surface area contributed by atoms with Crippen LogP contribution in [0.25, 0.3) is 0 Å². The Hall–Kier alpha value is -2.57. The summed E-state index contributed by atoms with van der Waals surface area (Å²) in [6, 6.07) is 8.04. The van der Waals surface area contributed by atoms with E-state index < -0.39 is 23.9 Å². The number of carbonyl (C=O) groups excluding carboxylic acids is 1. The Labute approximate surface area is 130 Å². The number of amides is 1. The van der Waals surface area contributed by atoms with Gasteiger partial charge in [0.1, 0.15) is 6.10 Å². The molecule has 1 aliphatic rings. The molecule has 0 spiro atoms. The fraction of sp³-hybridized carbons (Fsp3) is 0.250. The zero-order valence-corrected chi connectivity index (χ0v) is 11.9. The van der Waals surface area contributed by atoms with Gasteiger partial charge in [-0.2, -0.15) is 13.2 Å². The number of carbonyl (C=O) groups is 1. The van der Waals surface area contributed by atoms with Gasteiger partial charge in [0.25, 0.3) is 0 Å². The van der Waals surface area contributed by atoms with Crippen molar-refractivity contribution in [1.82, 2.24) is 10.3 Å². The van der Waals surface area contributed by atoms with E-state index in [0.717, 1.165) is 17.7 Å². The number of ether oxygens (including phenoxy) is 1. The fourth-order valence-electron chi connectivity index (χ4n) is 2.55. The Morgan fingerprint density at radius 1 is 1.09 bits per heavy atom. The number of nitrogens with one attached hydrogen (secondary N) is 1. The second-order valence-electron chi connectivity index (χ2n) is 5.26. The maximum atomic E-state index is 12.6. The molecule has 4 nitrogen and oxygen atoms in total. The molecule has 2 atom stereocenters. The number of alkyl halides is 3. The molecule has 2 aromatic rings. The molecule has 2 heterocycles. The average Bonchev–Trinajstić information content (AvgIpc) is 2.88. The predicted molar refractivity (Wildman–Crippen MR) is 75.5 cm³/mol. The van der Waals surface area contributed by atoms with Crippen LogP contribution in [0.4, 0.5) is 18.0 Å². The molecule has 0 aliphatic carbocycles. The lowest BCUT2D eigenvalue weighted by Crippen LogP contribution is -2.30. The van der Waals surface area contributed by atoms with Crippen LogP contribution in [0.2, 0.25) is 0 Å². The third kappa shape index (κ3) is 3.44. The third-order valence-corrected chi connectivity index (χ3v) is 3.67. The van der Waals surface area contributed by atoms with E-state index in [2.05, 4.69) is 10.3 Å². The van der Waals surface area contributed by atoms with Crippen molar-refractivity contribution in [2.75, 3.05) is 0 Å². The molecule has 1 aliphatic heterocycles.